The predicted molar refractivity (Wildman–Crippen MR) is 139 cm³/mol. The van der Waals surface area contributed by atoms with Gasteiger partial charge in [-0.1, -0.05) is 23.5 Å². The molecule has 0 aliphatic carbocycles. The monoisotopic (exact) mass is 544 g/mol. The van der Waals surface area contributed by atoms with Gasteiger partial charge >= 0.3 is 5.97 Å². The number of fused-ring (bicyclic) bond motifs is 1. The summed E-state index contributed by atoms with van der Waals surface area (Å²) in [5.74, 6) is -1.25. The Bertz CT molecular complexity index is 1530. The second-order valence-electron chi connectivity index (χ2n) is 7.53. The summed E-state index contributed by atoms with van der Waals surface area (Å²) in [5, 5.41) is 11.2. The maximum atomic E-state index is 12.9. The fraction of sp³-hybridized carbons (Fsp3) is 0.208. The molecule has 0 unspecified atom stereocenters. The highest BCUT2D eigenvalue weighted by Gasteiger charge is 2.23. The van der Waals surface area contributed by atoms with E-state index in [0.717, 1.165) is 11.3 Å². The first-order chi connectivity index (χ1) is 17.6. The number of nitrogens with zero attached hydrogens (tertiary/aromatic N) is 4. The van der Waals surface area contributed by atoms with Crippen LogP contribution in [0.2, 0.25) is 0 Å². The lowest BCUT2D eigenvalue weighted by Gasteiger charge is -2.19. The van der Waals surface area contributed by atoms with E-state index in [9.17, 15) is 28.1 Å². The summed E-state index contributed by atoms with van der Waals surface area (Å²) in [6.45, 7) is 8.89. The second-order valence-corrected chi connectivity index (χ2v) is 10.5. The van der Waals surface area contributed by atoms with Gasteiger partial charge in [0.15, 0.2) is 4.80 Å². The van der Waals surface area contributed by atoms with Gasteiger partial charge in [0, 0.05) is 30.8 Å². The zero-order chi connectivity index (χ0) is 27.2. The normalized spacial score (nSPS) is 12.0. The molecule has 0 N–H and O–H groups in total. The molecule has 0 radical (unpaired) electrons. The predicted octanol–water partition coefficient (Wildman–Crippen LogP) is 3.28. The summed E-state index contributed by atoms with van der Waals surface area (Å²) in [4.78, 5) is 40.0. The number of carbonyl (C=O) groups is 2. The fourth-order valence-corrected chi connectivity index (χ4v) is 5.82. The molecule has 0 saturated carbocycles. The minimum atomic E-state index is -3.84. The van der Waals surface area contributed by atoms with Crippen LogP contribution in [0, 0.1) is 10.1 Å². The molecule has 37 heavy (non-hydrogen) atoms. The number of sulfonamides is 1. The van der Waals surface area contributed by atoms with Crippen molar-refractivity contribution in [3.05, 3.63) is 88.3 Å². The first-order valence-corrected chi connectivity index (χ1v) is 13.2. The van der Waals surface area contributed by atoms with Gasteiger partial charge in [-0.3, -0.25) is 19.7 Å². The minimum absolute atomic E-state index is 0.0145. The molecule has 0 atom stereocenters. The number of esters is 1. The van der Waals surface area contributed by atoms with Crippen LogP contribution in [-0.4, -0.2) is 53.8 Å². The SMILES string of the molecule is C=CCN(CC=C)S(=O)(=O)c1ccc(C(=O)N=c2sc3cc([N+](=O)[O-])ccc3n2CC(=O)OCC)cc1. The maximum Gasteiger partial charge on any atom is 0.326 e. The van der Waals surface area contributed by atoms with Crippen molar-refractivity contribution in [2.45, 2.75) is 18.4 Å². The van der Waals surface area contributed by atoms with Gasteiger partial charge in [-0.05, 0) is 37.3 Å². The van der Waals surface area contributed by atoms with E-state index in [-0.39, 0.29) is 47.2 Å². The molecule has 1 aromatic heterocycles. The van der Waals surface area contributed by atoms with Crippen LogP contribution in [0.5, 0.6) is 0 Å². The number of hydrogen-bond donors (Lipinski definition) is 0. The van der Waals surface area contributed by atoms with Gasteiger partial charge in [0.25, 0.3) is 11.6 Å². The van der Waals surface area contributed by atoms with Crippen LogP contribution >= 0.6 is 11.3 Å². The zero-order valence-electron chi connectivity index (χ0n) is 19.9. The average molecular weight is 545 g/mol. The van der Waals surface area contributed by atoms with Gasteiger partial charge in [0.05, 0.1) is 26.6 Å². The van der Waals surface area contributed by atoms with Gasteiger partial charge < -0.3 is 9.30 Å². The third-order valence-electron chi connectivity index (χ3n) is 5.07. The Kier molecular flexibility index (Phi) is 8.86. The lowest BCUT2D eigenvalue weighted by molar-refractivity contribution is -0.384. The first kappa shape index (κ1) is 27.6. The van der Waals surface area contributed by atoms with Crippen molar-refractivity contribution in [2.24, 2.45) is 4.99 Å². The van der Waals surface area contributed by atoms with Crippen molar-refractivity contribution < 1.29 is 27.7 Å². The molecular weight excluding hydrogens is 520 g/mol. The number of nitro groups is 1. The second kappa shape index (κ2) is 11.9. The van der Waals surface area contributed by atoms with Gasteiger partial charge in [-0.25, -0.2) is 8.42 Å². The smallest absolute Gasteiger partial charge is 0.326 e. The van der Waals surface area contributed by atoms with Crippen LogP contribution in [0.25, 0.3) is 10.2 Å². The van der Waals surface area contributed by atoms with E-state index in [1.807, 2.05) is 0 Å². The van der Waals surface area contributed by atoms with Crippen molar-refractivity contribution in [1.82, 2.24) is 8.87 Å². The van der Waals surface area contributed by atoms with Crippen molar-refractivity contribution in [2.75, 3.05) is 19.7 Å². The van der Waals surface area contributed by atoms with Crippen LogP contribution in [0.3, 0.4) is 0 Å². The molecule has 1 amide bonds. The summed E-state index contributed by atoms with van der Waals surface area (Å²) < 4.78 is 33.9. The van der Waals surface area contributed by atoms with Crippen molar-refractivity contribution in [3.63, 3.8) is 0 Å². The number of non-ortho nitro benzene ring substituents is 1. The molecule has 11 nitrogen and oxygen atoms in total. The number of benzene rings is 2. The van der Waals surface area contributed by atoms with E-state index in [1.54, 1.807) is 6.92 Å². The summed E-state index contributed by atoms with van der Waals surface area (Å²) in [6, 6.07) is 9.40. The molecule has 3 rings (SSSR count). The van der Waals surface area contributed by atoms with Crippen molar-refractivity contribution in [1.29, 1.82) is 0 Å². The summed E-state index contributed by atoms with van der Waals surface area (Å²) in [6.07, 6.45) is 2.92. The van der Waals surface area contributed by atoms with Gasteiger partial charge in [0.2, 0.25) is 10.0 Å². The molecule has 13 heteroatoms. The molecular formula is C24H24N4O7S2. The Morgan fingerprint density at radius 3 is 2.38 bits per heavy atom. The van der Waals surface area contributed by atoms with E-state index in [1.165, 1.54) is 63.5 Å². The van der Waals surface area contributed by atoms with Gasteiger partial charge in [0.1, 0.15) is 6.54 Å². The highest BCUT2D eigenvalue weighted by molar-refractivity contribution is 7.89. The van der Waals surface area contributed by atoms with Gasteiger partial charge in [-0.15, -0.1) is 13.2 Å². The number of thiazole rings is 1. The van der Waals surface area contributed by atoms with Crippen LogP contribution in [0.4, 0.5) is 5.69 Å². The number of amides is 1. The summed E-state index contributed by atoms with van der Waals surface area (Å²) in [7, 11) is -3.84. The fourth-order valence-electron chi connectivity index (χ4n) is 3.38. The highest BCUT2D eigenvalue weighted by Crippen LogP contribution is 2.24. The summed E-state index contributed by atoms with van der Waals surface area (Å²) in [5.41, 5.74) is 0.443. The number of nitro benzene ring substituents is 1. The highest BCUT2D eigenvalue weighted by atomic mass is 32.2. The molecule has 0 aliphatic heterocycles. The maximum absolute atomic E-state index is 12.9. The number of carbonyl (C=O) groups excluding carboxylic acids is 2. The van der Waals surface area contributed by atoms with Crippen molar-refractivity contribution in [3.8, 4) is 0 Å². The van der Waals surface area contributed by atoms with Gasteiger partial charge in [-0.2, -0.15) is 9.30 Å². The molecule has 2 aromatic carbocycles. The molecule has 1 heterocycles. The lowest BCUT2D eigenvalue weighted by Crippen LogP contribution is -2.31. The number of aromatic nitrogens is 1. The number of rotatable bonds is 11. The van der Waals surface area contributed by atoms with E-state index in [2.05, 4.69) is 18.2 Å². The van der Waals surface area contributed by atoms with E-state index < -0.39 is 26.8 Å². The van der Waals surface area contributed by atoms with Crippen molar-refractivity contribution >= 4 is 49.1 Å². The van der Waals surface area contributed by atoms with Crippen LogP contribution in [0.1, 0.15) is 17.3 Å². The van der Waals surface area contributed by atoms with E-state index >= 15 is 0 Å². The zero-order valence-corrected chi connectivity index (χ0v) is 21.5. The molecule has 0 fully saturated rings. The lowest BCUT2D eigenvalue weighted by atomic mass is 10.2. The average Bonchev–Trinajstić information content (AvgIpc) is 3.19. The number of hydrogen-bond acceptors (Lipinski definition) is 8. The molecule has 0 aliphatic rings. The number of ether oxygens (including phenoxy) is 1. The molecule has 0 spiro atoms. The summed E-state index contributed by atoms with van der Waals surface area (Å²) >= 11 is 1.00. The Hall–Kier alpha value is -3.94. The molecule has 3 aromatic rings. The quantitative estimate of drug-likeness (QED) is 0.156. The van der Waals surface area contributed by atoms with Crippen LogP contribution in [-0.2, 0) is 26.1 Å². The molecule has 194 valence electrons. The third-order valence-corrected chi connectivity index (χ3v) is 7.96. The Morgan fingerprint density at radius 1 is 1.16 bits per heavy atom. The standard InChI is InChI=1S/C24H24N4O7S2/c1-4-13-26(14-5-2)37(33,34)19-10-7-17(8-11-19)23(30)25-24-27(16-22(29)35-6-3)20-12-9-18(28(31)32)15-21(20)36-24/h4-5,7-12,15H,1-2,6,13-14,16H2,3H3. The first-order valence-electron chi connectivity index (χ1n) is 11.0. The Labute approximate surface area is 216 Å². The van der Waals surface area contributed by atoms with E-state index in [4.69, 9.17) is 4.74 Å². The minimum Gasteiger partial charge on any atom is -0.465 e. The van der Waals surface area contributed by atoms with Crippen LogP contribution in [0.15, 0.2) is 77.7 Å². The largest absolute Gasteiger partial charge is 0.465 e. The Morgan fingerprint density at radius 2 is 1.81 bits per heavy atom. The molecule has 0 saturated heterocycles. The van der Waals surface area contributed by atoms with E-state index in [0.29, 0.717) is 10.2 Å². The topological polar surface area (TPSA) is 141 Å². The van der Waals surface area contributed by atoms with Crippen LogP contribution < -0.4 is 4.80 Å². The third kappa shape index (κ3) is 6.25. The Balaban J connectivity index is 2.02. The molecule has 0 bridgehead atoms.